The first kappa shape index (κ1) is 23.7. The fourth-order valence-electron chi connectivity index (χ4n) is 4.39. The number of amides is 1. The van der Waals surface area contributed by atoms with Gasteiger partial charge >= 0.3 is 6.18 Å². The number of rotatable bonds is 3. The summed E-state index contributed by atoms with van der Waals surface area (Å²) in [6, 6.07) is 9.08. The zero-order chi connectivity index (χ0) is 24.0. The highest BCUT2D eigenvalue weighted by Crippen LogP contribution is 2.35. The summed E-state index contributed by atoms with van der Waals surface area (Å²) in [7, 11) is -3.74. The monoisotopic (exact) mass is 482 g/mol. The number of alkyl halides is 3. The number of benzene rings is 2. The number of carbonyl (C=O) groups is 1. The van der Waals surface area contributed by atoms with Crippen molar-refractivity contribution in [2.45, 2.75) is 50.0 Å². The van der Waals surface area contributed by atoms with Gasteiger partial charge in [-0.15, -0.1) is 0 Å². The van der Waals surface area contributed by atoms with Gasteiger partial charge in [-0.3, -0.25) is 4.79 Å². The van der Waals surface area contributed by atoms with E-state index < -0.39 is 21.8 Å². The third-order valence-electron chi connectivity index (χ3n) is 5.90. The number of anilines is 1. The lowest BCUT2D eigenvalue weighted by Crippen LogP contribution is -2.48. The van der Waals surface area contributed by atoms with E-state index in [0.29, 0.717) is 30.6 Å². The maximum absolute atomic E-state index is 13.1. The second-order valence-corrected chi connectivity index (χ2v) is 10.4. The van der Waals surface area contributed by atoms with Crippen molar-refractivity contribution < 1.29 is 31.1 Å². The third-order valence-corrected chi connectivity index (χ3v) is 7.74. The molecule has 2 heterocycles. The second-order valence-electron chi connectivity index (χ2n) is 8.51. The van der Waals surface area contributed by atoms with Gasteiger partial charge in [-0.05, 0) is 74.7 Å². The SMILES string of the molecule is CC1CN(S(=O)(=O)c2ccc(C(=O)N3CCCc4cc(C(F)(F)F)ccc43)cc2)CC(C)O1. The van der Waals surface area contributed by atoms with Crippen LogP contribution in [0.5, 0.6) is 0 Å². The molecule has 2 aromatic carbocycles. The minimum Gasteiger partial charge on any atom is -0.373 e. The average Bonchev–Trinajstić information content (AvgIpc) is 2.76. The molecule has 0 N–H and O–H groups in total. The highest BCUT2D eigenvalue weighted by Gasteiger charge is 2.34. The largest absolute Gasteiger partial charge is 0.416 e. The lowest BCUT2D eigenvalue weighted by molar-refractivity contribution is -0.137. The quantitative estimate of drug-likeness (QED) is 0.661. The van der Waals surface area contributed by atoms with Gasteiger partial charge in [0.05, 0.1) is 22.7 Å². The molecule has 0 saturated carbocycles. The number of aryl methyl sites for hydroxylation is 1. The van der Waals surface area contributed by atoms with Crippen LogP contribution in [0.4, 0.5) is 18.9 Å². The molecule has 6 nitrogen and oxygen atoms in total. The summed E-state index contributed by atoms with van der Waals surface area (Å²) in [6.45, 7) is 4.50. The summed E-state index contributed by atoms with van der Waals surface area (Å²) >= 11 is 0. The van der Waals surface area contributed by atoms with Crippen molar-refractivity contribution >= 4 is 21.6 Å². The fourth-order valence-corrected chi connectivity index (χ4v) is 5.98. The fraction of sp³-hybridized carbons (Fsp3) is 0.435. The molecule has 0 spiro atoms. The van der Waals surface area contributed by atoms with E-state index in [1.54, 1.807) is 0 Å². The summed E-state index contributed by atoms with van der Waals surface area (Å²) in [4.78, 5) is 14.7. The van der Waals surface area contributed by atoms with Crippen molar-refractivity contribution in [3.8, 4) is 0 Å². The number of nitrogens with zero attached hydrogens (tertiary/aromatic N) is 2. The molecule has 0 bridgehead atoms. The number of hydrogen-bond acceptors (Lipinski definition) is 4. The first-order valence-electron chi connectivity index (χ1n) is 10.7. The van der Waals surface area contributed by atoms with Gasteiger partial charge in [-0.1, -0.05) is 0 Å². The molecular formula is C23H25F3N2O4S. The first-order chi connectivity index (χ1) is 15.5. The maximum atomic E-state index is 13.1. The number of fused-ring (bicyclic) bond motifs is 1. The Hall–Kier alpha value is -2.43. The standard InChI is InChI=1S/C23H25F3N2O4S/c1-15-13-27(14-16(2)32-15)33(30,31)20-8-5-17(6-9-20)22(29)28-11-3-4-18-12-19(23(24,25)26)7-10-21(18)28/h5-10,12,15-16H,3-4,11,13-14H2,1-2H3. The van der Waals surface area contributed by atoms with Gasteiger partial charge in [0.2, 0.25) is 10.0 Å². The molecule has 1 saturated heterocycles. The number of hydrogen-bond donors (Lipinski definition) is 0. The van der Waals surface area contributed by atoms with Gasteiger partial charge in [-0.2, -0.15) is 17.5 Å². The van der Waals surface area contributed by atoms with E-state index >= 15 is 0 Å². The van der Waals surface area contributed by atoms with Crippen molar-refractivity contribution in [3.63, 3.8) is 0 Å². The van der Waals surface area contributed by atoms with Crippen molar-refractivity contribution in [1.82, 2.24) is 4.31 Å². The summed E-state index contributed by atoms with van der Waals surface area (Å²) < 4.78 is 72.2. The Bertz CT molecular complexity index is 1140. The molecule has 2 aliphatic heterocycles. The van der Waals surface area contributed by atoms with Gasteiger partial charge in [0, 0.05) is 30.9 Å². The van der Waals surface area contributed by atoms with Gasteiger partial charge < -0.3 is 9.64 Å². The maximum Gasteiger partial charge on any atom is 0.416 e. The van der Waals surface area contributed by atoms with Crippen LogP contribution < -0.4 is 4.90 Å². The highest BCUT2D eigenvalue weighted by atomic mass is 32.2. The van der Waals surface area contributed by atoms with Crippen molar-refractivity contribution in [3.05, 3.63) is 59.2 Å². The minimum atomic E-state index is -4.45. The smallest absolute Gasteiger partial charge is 0.373 e. The molecule has 33 heavy (non-hydrogen) atoms. The van der Waals surface area contributed by atoms with E-state index in [1.807, 2.05) is 13.8 Å². The predicted molar refractivity (Wildman–Crippen MR) is 117 cm³/mol. The van der Waals surface area contributed by atoms with Crippen molar-refractivity contribution in [1.29, 1.82) is 0 Å². The Morgan fingerprint density at radius 1 is 1.03 bits per heavy atom. The van der Waals surface area contributed by atoms with Crippen LogP contribution in [0.15, 0.2) is 47.4 Å². The van der Waals surface area contributed by atoms with E-state index in [2.05, 4.69) is 0 Å². The van der Waals surface area contributed by atoms with Crippen LogP contribution >= 0.6 is 0 Å². The van der Waals surface area contributed by atoms with E-state index in [1.165, 1.54) is 39.5 Å². The molecule has 178 valence electrons. The van der Waals surface area contributed by atoms with Crippen LogP contribution in [-0.4, -0.2) is 50.5 Å². The molecule has 2 atom stereocenters. The molecular weight excluding hydrogens is 457 g/mol. The Morgan fingerprint density at radius 2 is 1.67 bits per heavy atom. The summed E-state index contributed by atoms with van der Waals surface area (Å²) in [5, 5.41) is 0. The number of sulfonamides is 1. The molecule has 0 aliphatic carbocycles. The van der Waals surface area contributed by atoms with E-state index in [9.17, 15) is 26.4 Å². The molecule has 4 rings (SSSR count). The second kappa shape index (κ2) is 8.73. The van der Waals surface area contributed by atoms with Crippen molar-refractivity contribution in [2.75, 3.05) is 24.5 Å². The molecule has 2 aliphatic rings. The van der Waals surface area contributed by atoms with E-state index in [-0.39, 0.29) is 41.7 Å². The van der Waals surface area contributed by atoms with Gasteiger partial charge in [0.25, 0.3) is 5.91 Å². The molecule has 1 amide bonds. The molecule has 1 fully saturated rings. The Morgan fingerprint density at radius 3 is 2.27 bits per heavy atom. The zero-order valence-corrected chi connectivity index (χ0v) is 19.1. The summed E-state index contributed by atoms with van der Waals surface area (Å²) in [5.41, 5.74) is 0.452. The molecule has 0 radical (unpaired) electrons. The topological polar surface area (TPSA) is 66.9 Å². The number of ether oxygens (including phenoxy) is 1. The molecule has 10 heteroatoms. The van der Waals surface area contributed by atoms with Gasteiger partial charge in [-0.25, -0.2) is 8.42 Å². The van der Waals surface area contributed by atoms with E-state index in [4.69, 9.17) is 4.74 Å². The first-order valence-corrected chi connectivity index (χ1v) is 12.2. The number of halogens is 3. The Kier molecular flexibility index (Phi) is 6.28. The molecule has 2 unspecified atom stereocenters. The van der Waals surface area contributed by atoms with Gasteiger partial charge in [0.1, 0.15) is 0 Å². The van der Waals surface area contributed by atoms with Crippen LogP contribution in [0.25, 0.3) is 0 Å². The van der Waals surface area contributed by atoms with Crippen LogP contribution in [0.3, 0.4) is 0 Å². The Labute approximate surface area is 191 Å². The van der Waals surface area contributed by atoms with Crippen LogP contribution in [0, 0.1) is 0 Å². The molecule has 0 aromatic heterocycles. The van der Waals surface area contributed by atoms with E-state index in [0.717, 1.165) is 12.1 Å². The average molecular weight is 483 g/mol. The number of carbonyl (C=O) groups excluding carboxylic acids is 1. The van der Waals surface area contributed by atoms with Crippen LogP contribution in [0.2, 0.25) is 0 Å². The normalized spacial score (nSPS) is 22.2. The summed E-state index contributed by atoms with van der Waals surface area (Å²) in [6.07, 6.45) is -3.89. The lowest BCUT2D eigenvalue weighted by Gasteiger charge is -2.34. The van der Waals surface area contributed by atoms with Crippen LogP contribution in [0.1, 0.15) is 41.8 Å². The van der Waals surface area contributed by atoms with Crippen LogP contribution in [-0.2, 0) is 27.4 Å². The Balaban J connectivity index is 1.56. The summed E-state index contributed by atoms with van der Waals surface area (Å²) in [5.74, 6) is -0.381. The van der Waals surface area contributed by atoms with Gasteiger partial charge in [0.15, 0.2) is 0 Å². The lowest BCUT2D eigenvalue weighted by atomic mass is 9.98. The third kappa shape index (κ3) is 4.78. The number of morpholine rings is 1. The minimum absolute atomic E-state index is 0.0780. The zero-order valence-electron chi connectivity index (χ0n) is 18.3. The predicted octanol–water partition coefficient (Wildman–Crippen LogP) is 4.10. The van der Waals surface area contributed by atoms with Crippen molar-refractivity contribution in [2.24, 2.45) is 0 Å². The highest BCUT2D eigenvalue weighted by molar-refractivity contribution is 7.89. The molecule has 2 aromatic rings.